The molecular formula is C20H21N3O7S. The largest absolute Gasteiger partial charge is 0.497 e. The number of anilines is 1. The topological polar surface area (TPSA) is 135 Å². The second-order valence-electron chi connectivity index (χ2n) is 7.64. The normalized spacial score (nSPS) is 20.5. The second-order valence-corrected chi connectivity index (χ2v) is 9.58. The van der Waals surface area contributed by atoms with E-state index in [0.29, 0.717) is 11.4 Å². The lowest BCUT2D eigenvalue weighted by molar-refractivity contribution is -0.147. The van der Waals surface area contributed by atoms with Gasteiger partial charge in [0, 0.05) is 31.2 Å². The van der Waals surface area contributed by atoms with Gasteiger partial charge in [-0.15, -0.1) is 0 Å². The molecule has 0 radical (unpaired) electrons. The molecule has 1 aromatic carbocycles. The molecule has 2 aromatic rings. The van der Waals surface area contributed by atoms with E-state index in [9.17, 15) is 22.8 Å². The molecule has 164 valence electrons. The summed E-state index contributed by atoms with van der Waals surface area (Å²) in [5, 5.41) is 10.8. The molecule has 2 bridgehead atoms. The smallest absolute Gasteiger partial charge is 0.394 e. The third-order valence-electron chi connectivity index (χ3n) is 5.71. The molecule has 0 unspecified atom stereocenters. The molecule has 2 atom stereocenters. The van der Waals surface area contributed by atoms with Gasteiger partial charge >= 0.3 is 11.9 Å². The maximum Gasteiger partial charge on any atom is 0.394 e. The number of piperidine rings is 1. The molecule has 1 amide bonds. The minimum absolute atomic E-state index is 0.0811. The number of benzene rings is 1. The molecular weight excluding hydrogens is 426 g/mol. The number of hydrogen-bond acceptors (Lipinski definition) is 6. The standard InChI is InChI=1S/C20H21N3O7S/c1-30-14-2-4-15(5-3-14)31(28,29)22-9-12-8-13(11-22)17-7-6-16(19(25)23(17)10-12)21-18(24)20(26)27/h2-7,12-13H,8-11H2,1H3,(H,21,24)(H,26,27)/t12-,13-/m1/s1. The highest BCUT2D eigenvalue weighted by molar-refractivity contribution is 7.89. The van der Waals surface area contributed by atoms with Crippen molar-refractivity contribution in [3.8, 4) is 5.75 Å². The third-order valence-corrected chi connectivity index (χ3v) is 7.56. The number of methoxy groups -OCH3 is 1. The molecule has 2 N–H and O–H groups in total. The molecule has 10 nitrogen and oxygen atoms in total. The first-order valence-corrected chi connectivity index (χ1v) is 11.1. The molecule has 1 fully saturated rings. The van der Waals surface area contributed by atoms with Gasteiger partial charge in [-0.1, -0.05) is 0 Å². The van der Waals surface area contributed by atoms with Gasteiger partial charge in [0.2, 0.25) is 10.0 Å². The molecule has 2 aliphatic rings. The quantitative estimate of drug-likeness (QED) is 0.658. The summed E-state index contributed by atoms with van der Waals surface area (Å²) in [6.07, 6.45) is 0.745. The summed E-state index contributed by atoms with van der Waals surface area (Å²) >= 11 is 0. The van der Waals surface area contributed by atoms with Gasteiger partial charge in [-0.25, -0.2) is 13.2 Å². The molecule has 31 heavy (non-hydrogen) atoms. The number of rotatable bonds is 4. The van der Waals surface area contributed by atoms with Crippen LogP contribution in [-0.4, -0.2) is 54.5 Å². The molecule has 1 aromatic heterocycles. The highest BCUT2D eigenvalue weighted by atomic mass is 32.2. The minimum Gasteiger partial charge on any atom is -0.497 e. The van der Waals surface area contributed by atoms with Crippen LogP contribution in [0.1, 0.15) is 18.0 Å². The van der Waals surface area contributed by atoms with Gasteiger partial charge < -0.3 is 19.7 Å². The lowest BCUT2D eigenvalue weighted by atomic mass is 9.84. The van der Waals surface area contributed by atoms with Gasteiger partial charge in [0.15, 0.2) is 0 Å². The number of fused-ring (bicyclic) bond motifs is 4. The van der Waals surface area contributed by atoms with Gasteiger partial charge in [-0.3, -0.25) is 9.59 Å². The van der Waals surface area contributed by atoms with Crippen molar-refractivity contribution in [3.05, 3.63) is 52.4 Å². The summed E-state index contributed by atoms with van der Waals surface area (Å²) in [5.74, 6) is -2.67. The monoisotopic (exact) mass is 447 g/mol. The summed E-state index contributed by atoms with van der Waals surface area (Å²) < 4.78 is 34.3. The molecule has 0 saturated carbocycles. The van der Waals surface area contributed by atoms with Crippen LogP contribution in [0.15, 0.2) is 46.1 Å². The van der Waals surface area contributed by atoms with E-state index in [-0.39, 0.29) is 42.1 Å². The van der Waals surface area contributed by atoms with Crippen LogP contribution >= 0.6 is 0 Å². The Balaban J connectivity index is 1.61. The SMILES string of the molecule is COc1ccc(S(=O)(=O)N2C[C@H]3C[C@H](C2)c2ccc(NC(=O)C(=O)O)c(=O)n2C3)cc1. The first-order valence-electron chi connectivity index (χ1n) is 9.63. The number of carbonyl (C=O) groups excluding carboxylic acids is 1. The van der Waals surface area contributed by atoms with Crippen molar-refractivity contribution in [2.24, 2.45) is 5.92 Å². The van der Waals surface area contributed by atoms with Gasteiger partial charge in [0.1, 0.15) is 11.4 Å². The average molecular weight is 447 g/mol. The van der Waals surface area contributed by atoms with Crippen LogP contribution in [0.25, 0.3) is 0 Å². The zero-order valence-electron chi connectivity index (χ0n) is 16.6. The number of amides is 1. The molecule has 2 aliphatic heterocycles. The summed E-state index contributed by atoms with van der Waals surface area (Å²) in [4.78, 5) is 35.1. The summed E-state index contributed by atoms with van der Waals surface area (Å²) in [6.45, 7) is 0.781. The number of carboxylic acids is 1. The van der Waals surface area contributed by atoms with Crippen molar-refractivity contribution in [2.75, 3.05) is 25.5 Å². The van der Waals surface area contributed by atoms with E-state index >= 15 is 0 Å². The number of nitrogens with zero attached hydrogens (tertiary/aromatic N) is 2. The lowest BCUT2D eigenvalue weighted by Gasteiger charge is -2.42. The van der Waals surface area contributed by atoms with Crippen molar-refractivity contribution < 1.29 is 27.9 Å². The fourth-order valence-corrected chi connectivity index (χ4v) is 5.83. The van der Waals surface area contributed by atoms with E-state index in [2.05, 4.69) is 5.32 Å². The number of ether oxygens (including phenoxy) is 1. The summed E-state index contributed by atoms with van der Waals surface area (Å²) in [7, 11) is -2.20. The maximum atomic E-state index is 13.1. The number of hydrogen-bond donors (Lipinski definition) is 2. The number of carbonyl (C=O) groups is 2. The number of sulfonamides is 1. The Kier molecular flexibility index (Phi) is 5.31. The Morgan fingerprint density at radius 1 is 1.10 bits per heavy atom. The minimum atomic E-state index is -3.71. The lowest BCUT2D eigenvalue weighted by Crippen LogP contribution is -2.49. The molecule has 1 saturated heterocycles. The molecule has 4 rings (SSSR count). The number of aliphatic carboxylic acids is 1. The Morgan fingerprint density at radius 3 is 2.45 bits per heavy atom. The van der Waals surface area contributed by atoms with Gasteiger partial charge in [-0.2, -0.15) is 4.31 Å². The summed E-state index contributed by atoms with van der Waals surface area (Å²) in [6, 6.07) is 9.22. The van der Waals surface area contributed by atoms with E-state index in [1.807, 2.05) is 0 Å². The second kappa shape index (κ2) is 7.82. The Morgan fingerprint density at radius 2 is 1.81 bits per heavy atom. The molecule has 11 heteroatoms. The number of carboxylic acid groups (broad SMARTS) is 1. The van der Waals surface area contributed by atoms with Crippen LogP contribution in [0.4, 0.5) is 5.69 Å². The van der Waals surface area contributed by atoms with Crippen LogP contribution in [0, 0.1) is 5.92 Å². The summed E-state index contributed by atoms with van der Waals surface area (Å²) in [5.41, 5.74) is 0.0660. The van der Waals surface area contributed by atoms with Crippen molar-refractivity contribution in [2.45, 2.75) is 23.8 Å². The van der Waals surface area contributed by atoms with Gasteiger partial charge in [0.05, 0.1) is 12.0 Å². The predicted molar refractivity (Wildman–Crippen MR) is 110 cm³/mol. The zero-order chi connectivity index (χ0) is 22.3. The molecule has 0 spiro atoms. The van der Waals surface area contributed by atoms with E-state index < -0.39 is 27.5 Å². The average Bonchev–Trinajstić information content (AvgIpc) is 2.75. The Bertz CT molecular complexity index is 1200. The van der Waals surface area contributed by atoms with Crippen LogP contribution < -0.4 is 15.6 Å². The Hall–Kier alpha value is -3.18. The van der Waals surface area contributed by atoms with Crippen molar-refractivity contribution >= 4 is 27.6 Å². The van der Waals surface area contributed by atoms with Gasteiger partial charge in [-0.05, 0) is 48.7 Å². The van der Waals surface area contributed by atoms with Crippen molar-refractivity contribution in [1.29, 1.82) is 0 Å². The van der Waals surface area contributed by atoms with Crippen LogP contribution in [0.2, 0.25) is 0 Å². The zero-order valence-corrected chi connectivity index (χ0v) is 17.5. The fraction of sp³-hybridized carbons (Fsp3) is 0.350. The van der Waals surface area contributed by atoms with Crippen molar-refractivity contribution in [1.82, 2.24) is 8.87 Å². The predicted octanol–water partition coefficient (Wildman–Crippen LogP) is 0.688. The number of aromatic nitrogens is 1. The van der Waals surface area contributed by atoms with Crippen LogP contribution in [-0.2, 0) is 26.2 Å². The number of pyridine rings is 1. The van der Waals surface area contributed by atoms with E-state index in [0.717, 1.165) is 6.42 Å². The van der Waals surface area contributed by atoms with E-state index in [1.165, 1.54) is 34.2 Å². The number of nitrogens with one attached hydrogen (secondary N) is 1. The first kappa shape index (κ1) is 21.1. The van der Waals surface area contributed by atoms with Crippen molar-refractivity contribution in [3.63, 3.8) is 0 Å². The van der Waals surface area contributed by atoms with Crippen LogP contribution in [0.5, 0.6) is 5.75 Å². The van der Waals surface area contributed by atoms with E-state index in [4.69, 9.17) is 9.84 Å². The van der Waals surface area contributed by atoms with Gasteiger partial charge in [0.25, 0.3) is 5.56 Å². The Labute approximate surface area is 178 Å². The first-order chi connectivity index (χ1) is 14.7. The highest BCUT2D eigenvalue weighted by Crippen LogP contribution is 2.37. The fourth-order valence-electron chi connectivity index (χ4n) is 4.27. The molecule has 0 aliphatic carbocycles. The van der Waals surface area contributed by atoms with Crippen LogP contribution in [0.3, 0.4) is 0 Å². The maximum absolute atomic E-state index is 13.1. The third kappa shape index (κ3) is 3.81. The highest BCUT2D eigenvalue weighted by Gasteiger charge is 2.39. The van der Waals surface area contributed by atoms with E-state index in [1.54, 1.807) is 18.2 Å². The molecule has 3 heterocycles.